The van der Waals surface area contributed by atoms with Crippen molar-refractivity contribution in [1.82, 2.24) is 9.88 Å². The molecular weight excluding hydrogens is 391 g/mol. The molecule has 1 saturated heterocycles. The van der Waals surface area contributed by atoms with Crippen LogP contribution in [-0.4, -0.2) is 29.6 Å². The Morgan fingerprint density at radius 1 is 1.31 bits per heavy atom. The zero-order valence-electron chi connectivity index (χ0n) is 14.2. The number of aromatic nitrogens is 1. The number of hydrogen-bond acceptors (Lipinski definition) is 4. The highest BCUT2D eigenvalue weighted by molar-refractivity contribution is 7.99. The second kappa shape index (κ2) is 7.29. The molecule has 0 spiro atoms. The van der Waals surface area contributed by atoms with Gasteiger partial charge in [-0.05, 0) is 42.5 Å². The first-order valence-electron chi connectivity index (χ1n) is 8.50. The van der Waals surface area contributed by atoms with E-state index < -0.39 is 0 Å². The van der Waals surface area contributed by atoms with E-state index in [1.54, 1.807) is 4.90 Å². The van der Waals surface area contributed by atoms with Crippen LogP contribution in [0.25, 0.3) is 0 Å². The fraction of sp³-hybridized carbons (Fsp3) is 0.368. The molecule has 1 aromatic carbocycles. The fourth-order valence-electron chi connectivity index (χ4n) is 4.06. The van der Waals surface area contributed by atoms with Gasteiger partial charge in [-0.3, -0.25) is 0 Å². The van der Waals surface area contributed by atoms with E-state index in [2.05, 4.69) is 17.1 Å². The highest BCUT2D eigenvalue weighted by Gasteiger charge is 2.46. The Morgan fingerprint density at radius 3 is 2.81 bits per heavy atom. The zero-order chi connectivity index (χ0) is 18.3. The number of pyridine rings is 1. The summed E-state index contributed by atoms with van der Waals surface area (Å²) in [6, 6.07) is 12.1. The number of carbonyl (C=O) groups excluding carboxylic acids is 1. The van der Waals surface area contributed by atoms with Gasteiger partial charge in [0, 0.05) is 22.3 Å². The zero-order valence-corrected chi connectivity index (χ0v) is 16.5. The number of hydrogen-bond donors (Lipinski definition) is 0. The third kappa shape index (κ3) is 3.17. The van der Waals surface area contributed by atoms with E-state index in [0.29, 0.717) is 22.8 Å². The second-order valence-corrected chi connectivity index (χ2v) is 8.57. The molecule has 0 radical (unpaired) electrons. The van der Waals surface area contributed by atoms with Crippen LogP contribution in [0.3, 0.4) is 0 Å². The van der Waals surface area contributed by atoms with Crippen molar-refractivity contribution in [1.29, 1.82) is 0 Å². The monoisotopic (exact) mass is 408 g/mol. The molecule has 136 valence electrons. The number of likely N-dealkylation sites (tertiary alicyclic amines) is 1. The summed E-state index contributed by atoms with van der Waals surface area (Å²) in [5, 5.41) is 0.995. The quantitative estimate of drug-likeness (QED) is 0.592. The maximum absolute atomic E-state index is 12.2. The van der Waals surface area contributed by atoms with Crippen molar-refractivity contribution in [3.05, 3.63) is 57.8 Å². The van der Waals surface area contributed by atoms with E-state index in [-0.39, 0.29) is 17.4 Å². The molecule has 2 aliphatic rings. The summed E-state index contributed by atoms with van der Waals surface area (Å²) in [7, 11) is 1.41. The number of benzene rings is 1. The molecule has 1 aliphatic carbocycles. The first-order chi connectivity index (χ1) is 12.6. The Bertz CT molecular complexity index is 834. The molecule has 0 bridgehead atoms. The minimum atomic E-state index is -0.316. The van der Waals surface area contributed by atoms with E-state index in [4.69, 9.17) is 27.9 Å². The molecule has 7 heteroatoms. The summed E-state index contributed by atoms with van der Waals surface area (Å²) in [4.78, 5) is 19.5. The van der Waals surface area contributed by atoms with E-state index in [9.17, 15) is 4.79 Å². The van der Waals surface area contributed by atoms with Crippen molar-refractivity contribution >= 4 is 41.1 Å². The fourth-order valence-corrected chi connectivity index (χ4v) is 5.93. The average Bonchev–Trinajstić information content (AvgIpc) is 3.05. The van der Waals surface area contributed by atoms with Gasteiger partial charge in [0.1, 0.15) is 10.3 Å². The predicted octanol–water partition coefficient (Wildman–Crippen LogP) is 5.75. The topological polar surface area (TPSA) is 42.4 Å². The minimum absolute atomic E-state index is 0.0951. The molecule has 4 rings (SSSR count). The number of thioether (sulfide) groups is 1. The number of halogens is 2. The molecule has 1 fully saturated rings. The minimum Gasteiger partial charge on any atom is -0.453 e. The molecule has 1 aromatic heterocycles. The summed E-state index contributed by atoms with van der Waals surface area (Å²) in [6.45, 7) is 0.670. The number of nitrogens with zero attached hydrogens (tertiary/aromatic N) is 2. The Hall–Kier alpha value is -1.43. The Balaban J connectivity index is 1.77. The third-order valence-electron chi connectivity index (χ3n) is 5.13. The van der Waals surface area contributed by atoms with E-state index in [1.165, 1.54) is 12.0 Å². The number of fused-ring (bicyclic) bond motifs is 3. The molecule has 4 nitrogen and oxygen atoms in total. The lowest BCUT2D eigenvalue weighted by molar-refractivity contribution is 0.112. The van der Waals surface area contributed by atoms with Crippen LogP contribution in [0.4, 0.5) is 4.79 Å². The van der Waals surface area contributed by atoms with Gasteiger partial charge < -0.3 is 9.64 Å². The van der Waals surface area contributed by atoms with Gasteiger partial charge in [-0.25, -0.2) is 9.78 Å². The maximum atomic E-state index is 12.2. The number of amides is 1. The van der Waals surface area contributed by atoms with Gasteiger partial charge in [0.2, 0.25) is 0 Å². The molecule has 3 atom stereocenters. The summed E-state index contributed by atoms with van der Waals surface area (Å²) in [5.74, 6) is 0.336. The summed E-state index contributed by atoms with van der Waals surface area (Å²) in [5.41, 5.74) is 1.99. The van der Waals surface area contributed by atoms with E-state index >= 15 is 0 Å². The Morgan fingerprint density at radius 2 is 2.08 bits per heavy atom. The summed E-state index contributed by atoms with van der Waals surface area (Å²) >= 11 is 14.5. The number of methoxy groups -OCH3 is 1. The molecule has 0 saturated carbocycles. The molecule has 0 unspecified atom stereocenters. The van der Waals surface area contributed by atoms with Crippen LogP contribution in [-0.2, 0) is 4.74 Å². The number of rotatable bonds is 2. The largest absolute Gasteiger partial charge is 0.453 e. The average molecular weight is 409 g/mol. The van der Waals surface area contributed by atoms with Crippen LogP contribution in [0.2, 0.25) is 10.3 Å². The van der Waals surface area contributed by atoms with E-state index in [1.807, 2.05) is 36.0 Å². The van der Waals surface area contributed by atoms with Crippen molar-refractivity contribution in [3.8, 4) is 0 Å². The van der Waals surface area contributed by atoms with Gasteiger partial charge in [0.15, 0.2) is 0 Å². The molecule has 0 N–H and O–H groups in total. The lowest BCUT2D eigenvalue weighted by atomic mass is 9.80. The Labute approximate surface area is 166 Å². The molecule has 2 aromatic rings. The molecule has 26 heavy (non-hydrogen) atoms. The van der Waals surface area contributed by atoms with Gasteiger partial charge >= 0.3 is 6.09 Å². The van der Waals surface area contributed by atoms with Crippen molar-refractivity contribution in [2.24, 2.45) is 5.92 Å². The first-order valence-corrected chi connectivity index (χ1v) is 10.1. The highest BCUT2D eigenvalue weighted by Crippen LogP contribution is 2.55. The summed E-state index contributed by atoms with van der Waals surface area (Å²) in [6.07, 6.45) is 1.58. The van der Waals surface area contributed by atoms with Crippen LogP contribution >= 0.6 is 35.0 Å². The highest BCUT2D eigenvalue weighted by atomic mass is 35.5. The smallest absolute Gasteiger partial charge is 0.410 e. The maximum Gasteiger partial charge on any atom is 0.410 e. The SMILES string of the molecule is COC(=O)N1CC[C@@H]2C[C@@H](Sc3ccccc3)c3cc(Cl)nc(Cl)c3[C@@H]21. The second-order valence-electron chi connectivity index (χ2n) is 6.55. The van der Waals surface area contributed by atoms with Crippen LogP contribution in [0.5, 0.6) is 0 Å². The van der Waals surface area contributed by atoms with E-state index in [0.717, 1.165) is 24.0 Å². The van der Waals surface area contributed by atoms with Gasteiger partial charge in [-0.2, -0.15) is 0 Å². The molecule has 2 heterocycles. The molecular formula is C19H18Cl2N2O2S. The number of carbonyl (C=O) groups is 1. The van der Waals surface area contributed by atoms with Crippen LogP contribution in [0, 0.1) is 5.92 Å². The van der Waals surface area contributed by atoms with Crippen molar-refractivity contribution in [2.45, 2.75) is 29.0 Å². The van der Waals surface area contributed by atoms with Crippen LogP contribution in [0.15, 0.2) is 41.3 Å². The standard InChI is InChI=1S/C19H18Cl2N2O2S/c1-25-19(24)23-8-7-11-9-14(26-12-5-3-2-4-6-12)13-10-15(20)22-18(21)16(13)17(11)23/h2-6,10-11,14,17H,7-9H2,1H3/t11-,14-,17-/m1/s1. The van der Waals surface area contributed by atoms with Gasteiger partial charge in [0.25, 0.3) is 0 Å². The third-order valence-corrected chi connectivity index (χ3v) is 6.88. The van der Waals surface area contributed by atoms with Crippen LogP contribution in [0.1, 0.15) is 35.3 Å². The predicted molar refractivity (Wildman–Crippen MR) is 104 cm³/mol. The van der Waals surface area contributed by atoms with Crippen molar-refractivity contribution < 1.29 is 9.53 Å². The van der Waals surface area contributed by atoms with Gasteiger partial charge in [-0.15, -0.1) is 11.8 Å². The first kappa shape index (κ1) is 18.0. The number of ether oxygens (including phenoxy) is 1. The summed E-state index contributed by atoms with van der Waals surface area (Å²) < 4.78 is 4.98. The molecule has 1 aliphatic heterocycles. The Kier molecular flexibility index (Phi) is 5.04. The molecule has 1 amide bonds. The van der Waals surface area contributed by atoms with Gasteiger partial charge in [0.05, 0.1) is 13.2 Å². The van der Waals surface area contributed by atoms with Crippen molar-refractivity contribution in [2.75, 3.05) is 13.7 Å². The van der Waals surface area contributed by atoms with Crippen molar-refractivity contribution in [3.63, 3.8) is 0 Å². The van der Waals surface area contributed by atoms with Gasteiger partial charge in [-0.1, -0.05) is 41.4 Å². The lowest BCUT2D eigenvalue weighted by Gasteiger charge is -2.37. The van der Waals surface area contributed by atoms with Crippen LogP contribution < -0.4 is 0 Å². The lowest BCUT2D eigenvalue weighted by Crippen LogP contribution is -2.35. The normalized spacial score (nSPS) is 24.1.